The molecule has 3 rings (SSSR count). The zero-order chi connectivity index (χ0) is 23.0. The van der Waals surface area contributed by atoms with Crippen molar-refractivity contribution in [3.8, 4) is 0 Å². The van der Waals surface area contributed by atoms with Crippen molar-refractivity contribution in [2.75, 3.05) is 13.1 Å². The number of nitrogens with zero attached hydrogens (tertiary/aromatic N) is 3. The lowest BCUT2D eigenvalue weighted by atomic mass is 10.2. The molecule has 1 N–H and O–H groups in total. The smallest absolute Gasteiger partial charge is 0.228 e. The van der Waals surface area contributed by atoms with Gasteiger partial charge in [0.2, 0.25) is 15.0 Å². The summed E-state index contributed by atoms with van der Waals surface area (Å²) in [6, 6.07) is 18.9. The van der Waals surface area contributed by atoms with E-state index in [1.54, 1.807) is 16.8 Å². The third-order valence-electron chi connectivity index (χ3n) is 4.88. The average molecular weight is 469 g/mol. The third kappa shape index (κ3) is 6.05. The van der Waals surface area contributed by atoms with Crippen molar-refractivity contribution in [2.45, 2.75) is 30.9 Å². The van der Waals surface area contributed by atoms with Gasteiger partial charge in [0.25, 0.3) is 0 Å². The minimum atomic E-state index is -3.66. The van der Waals surface area contributed by atoms with Gasteiger partial charge in [0.1, 0.15) is 0 Å². The Labute approximate surface area is 195 Å². The number of aromatic nitrogens is 2. The molecule has 32 heavy (non-hydrogen) atoms. The highest BCUT2D eigenvalue weighted by atomic mass is 32.2. The van der Waals surface area contributed by atoms with E-state index in [4.69, 9.17) is 12.2 Å². The van der Waals surface area contributed by atoms with Crippen LogP contribution >= 0.6 is 12.2 Å². The van der Waals surface area contributed by atoms with Crippen LogP contribution in [0.4, 0.5) is 0 Å². The second-order valence-corrected chi connectivity index (χ2v) is 9.62. The first kappa shape index (κ1) is 23.7. The second kappa shape index (κ2) is 11.1. The Morgan fingerprint density at radius 3 is 2.34 bits per heavy atom. The van der Waals surface area contributed by atoms with Gasteiger partial charge in [0, 0.05) is 13.1 Å². The monoisotopic (exact) mass is 468 g/mol. The van der Waals surface area contributed by atoms with Crippen LogP contribution in [0.25, 0.3) is 0 Å². The number of imidazole rings is 1. The van der Waals surface area contributed by atoms with Crippen LogP contribution in [-0.2, 0) is 28.7 Å². The molecule has 0 atom stereocenters. The van der Waals surface area contributed by atoms with Gasteiger partial charge >= 0.3 is 0 Å². The molecule has 0 fully saturated rings. The molecule has 0 radical (unpaired) electrons. The normalized spacial score (nSPS) is 11.2. The lowest BCUT2D eigenvalue weighted by molar-refractivity contribution is 0.428. The summed E-state index contributed by atoms with van der Waals surface area (Å²) in [5.41, 5.74) is 2.49. The van der Waals surface area contributed by atoms with Gasteiger partial charge in [0.05, 0.1) is 30.7 Å². The third-order valence-corrected chi connectivity index (χ3v) is 6.88. The van der Waals surface area contributed by atoms with E-state index in [1.165, 1.54) is 0 Å². The molecule has 3 aromatic rings. The summed E-state index contributed by atoms with van der Waals surface area (Å²) in [7, 11) is -3.66. The molecule has 0 aliphatic rings. The number of benzene rings is 2. The first-order chi connectivity index (χ1) is 15.4. The topological polar surface area (TPSA) is 67.2 Å². The van der Waals surface area contributed by atoms with Crippen LogP contribution in [0.1, 0.15) is 23.7 Å². The summed E-state index contributed by atoms with van der Waals surface area (Å²) in [6.07, 6.45) is 3.40. The molecular weight excluding hydrogens is 440 g/mol. The molecule has 0 aliphatic heterocycles. The Balaban J connectivity index is 1.99. The van der Waals surface area contributed by atoms with Crippen molar-refractivity contribution in [3.63, 3.8) is 0 Å². The molecule has 0 saturated heterocycles. The van der Waals surface area contributed by atoms with Gasteiger partial charge in [-0.15, -0.1) is 6.58 Å². The fraction of sp³-hybridized carbons (Fsp3) is 0.250. The molecule has 0 spiro atoms. The van der Waals surface area contributed by atoms with E-state index in [1.807, 2.05) is 72.5 Å². The van der Waals surface area contributed by atoms with Crippen molar-refractivity contribution in [1.29, 1.82) is 0 Å². The van der Waals surface area contributed by atoms with Crippen LogP contribution in [-0.4, -0.2) is 41.1 Å². The Bertz CT molecular complexity index is 1140. The van der Waals surface area contributed by atoms with E-state index in [0.29, 0.717) is 31.3 Å². The number of nitrogens with one attached hydrogen (secondary N) is 1. The van der Waals surface area contributed by atoms with E-state index in [-0.39, 0.29) is 10.9 Å². The zero-order valence-corrected chi connectivity index (χ0v) is 19.8. The maximum absolute atomic E-state index is 13.3. The second-order valence-electron chi connectivity index (χ2n) is 7.35. The quantitative estimate of drug-likeness (QED) is 0.361. The lowest BCUT2D eigenvalue weighted by Gasteiger charge is -2.25. The van der Waals surface area contributed by atoms with E-state index in [9.17, 15) is 8.42 Å². The summed E-state index contributed by atoms with van der Waals surface area (Å²) in [5.74, 6) is -0.106. The van der Waals surface area contributed by atoms with Gasteiger partial charge in [-0.05, 0) is 30.3 Å². The molecule has 1 heterocycles. The van der Waals surface area contributed by atoms with Gasteiger partial charge in [0.15, 0.2) is 5.11 Å². The van der Waals surface area contributed by atoms with Crippen molar-refractivity contribution in [1.82, 2.24) is 19.8 Å². The van der Waals surface area contributed by atoms with E-state index in [0.717, 1.165) is 16.8 Å². The van der Waals surface area contributed by atoms with Crippen LogP contribution in [0.2, 0.25) is 0 Å². The highest BCUT2D eigenvalue weighted by Crippen LogP contribution is 2.20. The molecule has 1 aromatic heterocycles. The molecule has 0 unspecified atom stereocenters. The molecule has 0 aliphatic carbocycles. The molecule has 168 valence electrons. The predicted octanol–water partition coefficient (Wildman–Crippen LogP) is 3.79. The van der Waals surface area contributed by atoms with Gasteiger partial charge in [-0.1, -0.05) is 66.7 Å². The molecule has 0 bridgehead atoms. The van der Waals surface area contributed by atoms with Crippen molar-refractivity contribution in [3.05, 3.63) is 96.3 Å². The average Bonchev–Trinajstić information content (AvgIpc) is 3.18. The predicted molar refractivity (Wildman–Crippen MR) is 132 cm³/mol. The van der Waals surface area contributed by atoms with Crippen molar-refractivity contribution < 1.29 is 8.42 Å². The van der Waals surface area contributed by atoms with Crippen LogP contribution in [0.3, 0.4) is 0 Å². The summed E-state index contributed by atoms with van der Waals surface area (Å²) in [4.78, 5) is 6.30. The summed E-state index contributed by atoms with van der Waals surface area (Å²) in [5, 5.41) is 3.81. The van der Waals surface area contributed by atoms with E-state index < -0.39 is 9.84 Å². The largest absolute Gasteiger partial charge is 0.363 e. The first-order valence-electron chi connectivity index (χ1n) is 10.4. The van der Waals surface area contributed by atoms with Crippen LogP contribution in [0, 0.1) is 0 Å². The maximum atomic E-state index is 13.3. The number of hydrogen-bond acceptors (Lipinski definition) is 4. The maximum Gasteiger partial charge on any atom is 0.228 e. The van der Waals surface area contributed by atoms with Crippen molar-refractivity contribution >= 4 is 27.2 Å². The standard InChI is InChI=1S/C24H28N4O2S2/c1-3-15-27(23(31)25-4-2)18-22-16-26-24(28(22)17-20-11-7-5-8-12-20)32(29,30)19-21-13-9-6-10-14-21/h3,5-14,16H,1,4,15,17-19H2,2H3,(H,25,31). The zero-order valence-electron chi connectivity index (χ0n) is 18.1. The Hall–Kier alpha value is -2.97. The van der Waals surface area contributed by atoms with Crippen LogP contribution in [0.5, 0.6) is 0 Å². The van der Waals surface area contributed by atoms with Gasteiger partial charge in [-0.3, -0.25) is 0 Å². The fourth-order valence-corrected chi connectivity index (χ4v) is 5.17. The highest BCUT2D eigenvalue weighted by molar-refractivity contribution is 7.90. The first-order valence-corrected chi connectivity index (χ1v) is 12.5. The molecule has 6 nitrogen and oxygen atoms in total. The molecular formula is C24H28N4O2S2. The Morgan fingerprint density at radius 2 is 1.75 bits per heavy atom. The number of hydrogen-bond donors (Lipinski definition) is 1. The molecule has 2 aromatic carbocycles. The minimum Gasteiger partial charge on any atom is -0.363 e. The fourth-order valence-electron chi connectivity index (χ4n) is 3.39. The molecule has 0 amide bonds. The van der Waals surface area contributed by atoms with Gasteiger partial charge in [-0.2, -0.15) is 0 Å². The molecule has 0 saturated carbocycles. The van der Waals surface area contributed by atoms with Gasteiger partial charge < -0.3 is 14.8 Å². The van der Waals surface area contributed by atoms with Crippen LogP contribution < -0.4 is 5.32 Å². The Kier molecular flexibility index (Phi) is 8.19. The molecule has 8 heteroatoms. The lowest BCUT2D eigenvalue weighted by Crippen LogP contribution is -2.39. The number of thiocarbonyl (C=S) groups is 1. The highest BCUT2D eigenvalue weighted by Gasteiger charge is 2.25. The minimum absolute atomic E-state index is 0.0631. The van der Waals surface area contributed by atoms with Crippen LogP contribution in [0.15, 0.2) is 84.7 Å². The summed E-state index contributed by atoms with van der Waals surface area (Å²) >= 11 is 5.50. The van der Waals surface area contributed by atoms with E-state index in [2.05, 4.69) is 16.9 Å². The number of rotatable bonds is 10. The summed E-state index contributed by atoms with van der Waals surface area (Å²) < 4.78 is 28.4. The van der Waals surface area contributed by atoms with Crippen molar-refractivity contribution in [2.24, 2.45) is 0 Å². The Morgan fingerprint density at radius 1 is 1.12 bits per heavy atom. The van der Waals surface area contributed by atoms with Gasteiger partial charge in [-0.25, -0.2) is 13.4 Å². The SMILES string of the molecule is C=CCN(Cc1cnc(S(=O)(=O)Cc2ccccc2)n1Cc1ccccc1)C(=S)NCC. The summed E-state index contributed by atoms with van der Waals surface area (Å²) in [6.45, 7) is 7.85. The number of sulfone groups is 1. The van der Waals surface area contributed by atoms with E-state index >= 15 is 0 Å².